The minimum Gasteiger partial charge on any atom is -0.330 e. The van der Waals surface area contributed by atoms with Crippen LogP contribution in [0.3, 0.4) is 0 Å². The molecule has 0 saturated heterocycles. The van der Waals surface area contributed by atoms with Gasteiger partial charge >= 0.3 is 6.18 Å². The van der Waals surface area contributed by atoms with E-state index in [4.69, 9.17) is 28.9 Å². The van der Waals surface area contributed by atoms with Crippen molar-refractivity contribution >= 4 is 29.3 Å². The molecule has 2 N–H and O–H groups in total. The number of benzene rings is 2. The van der Waals surface area contributed by atoms with Crippen molar-refractivity contribution in [1.82, 2.24) is 0 Å². The zero-order valence-corrected chi connectivity index (χ0v) is 17.1. The lowest BCUT2D eigenvalue weighted by Crippen LogP contribution is -2.19. The Balaban J connectivity index is 1.86. The molecule has 1 aliphatic rings. The number of alkyl halides is 3. The van der Waals surface area contributed by atoms with E-state index in [2.05, 4.69) is 0 Å². The average Bonchev–Trinajstić information content (AvgIpc) is 3.05. The van der Waals surface area contributed by atoms with Crippen molar-refractivity contribution in [2.24, 2.45) is 5.73 Å². The first kappa shape index (κ1) is 22.1. The third-order valence-electron chi connectivity index (χ3n) is 5.32. The maximum atomic E-state index is 13.6. The lowest BCUT2D eigenvalue weighted by molar-refractivity contribution is -0.139. The Bertz CT molecular complexity index is 885. The van der Waals surface area contributed by atoms with Crippen molar-refractivity contribution < 1.29 is 17.6 Å². The quantitative estimate of drug-likeness (QED) is 0.367. The van der Waals surface area contributed by atoms with Gasteiger partial charge in [-0.3, -0.25) is 0 Å². The molecule has 0 aliphatic heterocycles. The number of nitrogens with two attached hydrogens (primary N) is 1. The SMILES string of the molecule is NCCCC1CCc2cc(/C=C/C(c3cc(Cl)c(F)c(Cl)c3)C(F)(F)F)ccc21. The largest absolute Gasteiger partial charge is 0.399 e. The van der Waals surface area contributed by atoms with Crippen LogP contribution in [0.1, 0.15) is 53.4 Å². The first-order chi connectivity index (χ1) is 13.7. The Morgan fingerprint density at radius 1 is 1.14 bits per heavy atom. The minimum atomic E-state index is -4.56. The van der Waals surface area contributed by atoms with Crippen LogP contribution in [0.25, 0.3) is 6.08 Å². The molecule has 2 unspecified atom stereocenters. The van der Waals surface area contributed by atoms with Crippen molar-refractivity contribution in [2.75, 3.05) is 6.54 Å². The molecule has 0 spiro atoms. The van der Waals surface area contributed by atoms with Gasteiger partial charge in [-0.05, 0) is 72.5 Å². The van der Waals surface area contributed by atoms with Crippen molar-refractivity contribution in [3.05, 3.63) is 74.5 Å². The summed E-state index contributed by atoms with van der Waals surface area (Å²) in [6, 6.07) is 7.70. The number of fused-ring (bicyclic) bond motifs is 1. The average molecular weight is 446 g/mol. The van der Waals surface area contributed by atoms with E-state index in [0.717, 1.165) is 43.9 Å². The Kier molecular flexibility index (Phi) is 6.92. The van der Waals surface area contributed by atoms with E-state index in [-0.39, 0.29) is 5.56 Å². The van der Waals surface area contributed by atoms with Crippen LogP contribution in [0.5, 0.6) is 0 Å². The van der Waals surface area contributed by atoms with Crippen molar-refractivity contribution in [3.63, 3.8) is 0 Å². The van der Waals surface area contributed by atoms with Crippen LogP contribution in [-0.4, -0.2) is 12.7 Å². The second kappa shape index (κ2) is 9.07. The lowest BCUT2D eigenvalue weighted by Gasteiger charge is -2.18. The summed E-state index contributed by atoms with van der Waals surface area (Å²) in [7, 11) is 0. The molecule has 0 amide bonds. The van der Waals surface area contributed by atoms with E-state index < -0.39 is 28.0 Å². The summed E-state index contributed by atoms with van der Waals surface area (Å²) < 4.78 is 54.4. The van der Waals surface area contributed by atoms with Crippen LogP contribution in [0.15, 0.2) is 36.4 Å². The van der Waals surface area contributed by atoms with Gasteiger partial charge in [0.05, 0.1) is 16.0 Å². The summed E-state index contributed by atoms with van der Waals surface area (Å²) in [5, 5.41) is -0.868. The molecule has 0 radical (unpaired) electrons. The fourth-order valence-corrected chi connectivity index (χ4v) is 4.37. The Morgan fingerprint density at radius 2 is 1.83 bits per heavy atom. The van der Waals surface area contributed by atoms with Crippen LogP contribution in [-0.2, 0) is 6.42 Å². The summed E-state index contributed by atoms with van der Waals surface area (Å²) >= 11 is 11.4. The number of allylic oxidation sites excluding steroid dienone is 1. The smallest absolute Gasteiger partial charge is 0.330 e. The molecular formula is C22H21Cl2F4N. The fraction of sp³-hybridized carbons (Fsp3) is 0.364. The van der Waals surface area contributed by atoms with Crippen molar-refractivity contribution in [3.8, 4) is 0 Å². The lowest BCUT2D eigenvalue weighted by atomic mass is 9.94. The Labute approximate surface area is 177 Å². The van der Waals surface area contributed by atoms with Gasteiger partial charge in [-0.25, -0.2) is 4.39 Å². The van der Waals surface area contributed by atoms with Gasteiger partial charge in [0.15, 0.2) is 5.82 Å². The highest BCUT2D eigenvalue weighted by atomic mass is 35.5. The van der Waals surface area contributed by atoms with Crippen LogP contribution in [0, 0.1) is 5.82 Å². The maximum absolute atomic E-state index is 13.6. The van der Waals surface area contributed by atoms with E-state index in [0.29, 0.717) is 18.0 Å². The molecule has 0 fully saturated rings. The van der Waals surface area contributed by atoms with Gasteiger partial charge in [-0.2, -0.15) is 13.2 Å². The Hall–Kier alpha value is -1.56. The predicted molar refractivity (Wildman–Crippen MR) is 110 cm³/mol. The molecule has 7 heteroatoms. The summed E-state index contributed by atoms with van der Waals surface area (Å²) in [5.41, 5.74) is 8.52. The molecule has 1 aliphatic carbocycles. The number of rotatable bonds is 6. The minimum absolute atomic E-state index is 0.201. The summed E-state index contributed by atoms with van der Waals surface area (Å²) in [6.07, 6.45) is 1.88. The second-order valence-electron chi connectivity index (χ2n) is 7.30. The van der Waals surface area contributed by atoms with Crippen LogP contribution < -0.4 is 5.73 Å². The topological polar surface area (TPSA) is 26.0 Å². The summed E-state index contributed by atoms with van der Waals surface area (Å²) in [6.45, 7) is 0.656. The summed E-state index contributed by atoms with van der Waals surface area (Å²) in [4.78, 5) is 0. The molecule has 1 nitrogen and oxygen atoms in total. The zero-order chi connectivity index (χ0) is 21.2. The highest BCUT2D eigenvalue weighted by Gasteiger charge is 2.39. The third kappa shape index (κ3) is 5.14. The summed E-state index contributed by atoms with van der Waals surface area (Å²) in [5.74, 6) is -2.40. The van der Waals surface area contributed by atoms with E-state index in [9.17, 15) is 17.6 Å². The monoisotopic (exact) mass is 445 g/mol. The van der Waals surface area contributed by atoms with Crippen LogP contribution in [0.2, 0.25) is 10.0 Å². The maximum Gasteiger partial charge on any atom is 0.399 e. The highest BCUT2D eigenvalue weighted by Crippen LogP contribution is 2.40. The van der Waals surface area contributed by atoms with Crippen molar-refractivity contribution in [2.45, 2.75) is 43.7 Å². The number of hydrogen-bond acceptors (Lipinski definition) is 1. The normalized spacial score (nSPS) is 17.7. The second-order valence-corrected chi connectivity index (χ2v) is 8.12. The fourth-order valence-electron chi connectivity index (χ4n) is 3.86. The van der Waals surface area contributed by atoms with Gasteiger partial charge in [-0.1, -0.05) is 53.6 Å². The van der Waals surface area contributed by atoms with Gasteiger partial charge in [-0.15, -0.1) is 0 Å². The number of halogens is 6. The van der Waals surface area contributed by atoms with Gasteiger partial charge in [0.25, 0.3) is 0 Å². The van der Waals surface area contributed by atoms with Gasteiger partial charge in [0, 0.05) is 0 Å². The molecule has 29 heavy (non-hydrogen) atoms. The van der Waals surface area contributed by atoms with Crippen molar-refractivity contribution in [1.29, 1.82) is 0 Å². The first-order valence-electron chi connectivity index (χ1n) is 9.43. The predicted octanol–water partition coefficient (Wildman–Crippen LogP) is 7.26. The molecular weight excluding hydrogens is 425 g/mol. The molecule has 2 aromatic rings. The standard InChI is InChI=1S/C22H21Cl2F4N/c23-19-11-16(12-20(24)21(19)25)18(22(26,27)28)8-4-13-3-7-17-14(2-1-9-29)5-6-15(17)10-13/h3-4,7-8,10-12,14,18H,1-2,5-6,9,29H2/b8-4+. The molecule has 156 valence electrons. The molecule has 0 heterocycles. The zero-order valence-electron chi connectivity index (χ0n) is 15.6. The van der Waals surface area contributed by atoms with E-state index >= 15 is 0 Å². The molecule has 0 saturated carbocycles. The van der Waals surface area contributed by atoms with Crippen LogP contribution >= 0.6 is 23.2 Å². The third-order valence-corrected chi connectivity index (χ3v) is 5.87. The number of aryl methyl sites for hydroxylation is 1. The number of hydrogen-bond donors (Lipinski definition) is 1. The first-order valence-corrected chi connectivity index (χ1v) is 10.2. The Morgan fingerprint density at radius 3 is 2.45 bits per heavy atom. The molecule has 2 aromatic carbocycles. The van der Waals surface area contributed by atoms with E-state index in [1.165, 1.54) is 17.2 Å². The molecule has 0 aromatic heterocycles. The highest BCUT2D eigenvalue weighted by molar-refractivity contribution is 6.35. The van der Waals surface area contributed by atoms with Crippen LogP contribution in [0.4, 0.5) is 17.6 Å². The molecule has 0 bridgehead atoms. The van der Waals surface area contributed by atoms with Gasteiger partial charge < -0.3 is 5.73 Å². The van der Waals surface area contributed by atoms with Gasteiger partial charge in [0.1, 0.15) is 0 Å². The molecule has 3 rings (SSSR count). The van der Waals surface area contributed by atoms with E-state index in [1.807, 2.05) is 18.2 Å². The van der Waals surface area contributed by atoms with E-state index in [1.54, 1.807) is 0 Å². The van der Waals surface area contributed by atoms with Gasteiger partial charge in [0.2, 0.25) is 0 Å². The molecule has 2 atom stereocenters.